The molecule has 1 N–H and O–H groups in total. The molecule has 19 heavy (non-hydrogen) atoms. The van der Waals surface area contributed by atoms with Gasteiger partial charge in [0.2, 0.25) is 0 Å². The molecule has 2 nitrogen and oxygen atoms in total. The molecular weight excluding hydrogens is 278 g/mol. The van der Waals surface area contributed by atoms with Crippen molar-refractivity contribution in [2.24, 2.45) is 0 Å². The molecule has 0 amide bonds. The largest absolute Gasteiger partial charge is 0.373 e. The Bertz CT molecular complexity index is 469. The van der Waals surface area contributed by atoms with Gasteiger partial charge in [-0.15, -0.1) is 11.3 Å². The topological polar surface area (TPSA) is 21.3 Å². The summed E-state index contributed by atoms with van der Waals surface area (Å²) >= 11 is 7.61. The first-order valence-electron chi connectivity index (χ1n) is 6.33. The summed E-state index contributed by atoms with van der Waals surface area (Å²) in [5.41, 5.74) is 1.15. The number of halogens is 1. The van der Waals surface area contributed by atoms with Crippen molar-refractivity contribution < 1.29 is 4.74 Å². The van der Waals surface area contributed by atoms with Gasteiger partial charge in [-0.2, -0.15) is 0 Å². The molecule has 2 aromatic rings. The number of hydrogen-bond acceptors (Lipinski definition) is 3. The molecule has 0 aliphatic carbocycles. The van der Waals surface area contributed by atoms with E-state index >= 15 is 0 Å². The molecule has 0 saturated heterocycles. The molecule has 4 heteroatoms. The third kappa shape index (κ3) is 5.33. The number of thiophene rings is 1. The number of ether oxygens (including phenoxy) is 1. The molecule has 1 unspecified atom stereocenters. The van der Waals surface area contributed by atoms with Crippen LogP contribution in [0.4, 0.5) is 0 Å². The molecule has 102 valence electrons. The van der Waals surface area contributed by atoms with E-state index in [2.05, 4.69) is 29.8 Å². The lowest BCUT2D eigenvalue weighted by molar-refractivity contribution is 0.0531. The molecule has 0 bridgehead atoms. The lowest BCUT2D eigenvalue weighted by Crippen LogP contribution is -2.26. The van der Waals surface area contributed by atoms with Crippen LogP contribution in [-0.4, -0.2) is 12.6 Å². The Kier molecular flexibility index (Phi) is 5.86. The molecule has 0 saturated carbocycles. The Balaban J connectivity index is 1.64. The SMILES string of the molecule is CC(CNCc1cccs1)OCc1ccc(Cl)cc1. The van der Waals surface area contributed by atoms with Crippen LogP contribution >= 0.6 is 22.9 Å². The maximum absolute atomic E-state index is 5.84. The van der Waals surface area contributed by atoms with Gasteiger partial charge in [0.25, 0.3) is 0 Å². The van der Waals surface area contributed by atoms with Crippen molar-refractivity contribution in [3.8, 4) is 0 Å². The van der Waals surface area contributed by atoms with Gasteiger partial charge in [-0.3, -0.25) is 0 Å². The molecular formula is C15H18ClNOS. The van der Waals surface area contributed by atoms with Crippen LogP contribution in [0.5, 0.6) is 0 Å². The predicted molar refractivity (Wildman–Crippen MR) is 81.7 cm³/mol. The van der Waals surface area contributed by atoms with Gasteiger partial charge in [-0.1, -0.05) is 29.8 Å². The predicted octanol–water partition coefficient (Wildman–Crippen LogP) is 4.10. The van der Waals surface area contributed by atoms with Crippen molar-refractivity contribution in [3.63, 3.8) is 0 Å². The van der Waals surface area contributed by atoms with Crippen LogP contribution in [-0.2, 0) is 17.9 Å². The summed E-state index contributed by atoms with van der Waals surface area (Å²) in [6, 6.07) is 12.0. The summed E-state index contributed by atoms with van der Waals surface area (Å²) in [7, 11) is 0. The van der Waals surface area contributed by atoms with Gasteiger partial charge >= 0.3 is 0 Å². The van der Waals surface area contributed by atoms with Gasteiger partial charge in [-0.05, 0) is 36.1 Å². The average Bonchev–Trinajstić information content (AvgIpc) is 2.91. The highest BCUT2D eigenvalue weighted by Gasteiger charge is 2.03. The molecule has 1 aromatic heterocycles. The van der Waals surface area contributed by atoms with Gasteiger partial charge in [0.15, 0.2) is 0 Å². The van der Waals surface area contributed by atoms with Crippen molar-refractivity contribution in [2.75, 3.05) is 6.54 Å². The summed E-state index contributed by atoms with van der Waals surface area (Å²) in [5, 5.41) is 6.25. The van der Waals surface area contributed by atoms with E-state index in [-0.39, 0.29) is 6.10 Å². The summed E-state index contributed by atoms with van der Waals surface area (Å²) in [6.07, 6.45) is 0.190. The number of rotatable bonds is 7. The van der Waals surface area contributed by atoms with Crippen LogP contribution in [0.1, 0.15) is 17.4 Å². The minimum absolute atomic E-state index is 0.190. The average molecular weight is 296 g/mol. The minimum atomic E-state index is 0.190. The van der Waals surface area contributed by atoms with Crippen molar-refractivity contribution in [3.05, 3.63) is 57.2 Å². The third-order valence-corrected chi connectivity index (χ3v) is 3.89. The van der Waals surface area contributed by atoms with Crippen molar-refractivity contribution >= 4 is 22.9 Å². The van der Waals surface area contributed by atoms with E-state index in [1.165, 1.54) is 4.88 Å². The molecule has 0 spiro atoms. The van der Waals surface area contributed by atoms with Crippen molar-refractivity contribution in [2.45, 2.75) is 26.2 Å². The monoisotopic (exact) mass is 295 g/mol. The summed E-state index contributed by atoms with van der Waals surface area (Å²) in [4.78, 5) is 1.35. The van der Waals surface area contributed by atoms with Gasteiger partial charge in [0.1, 0.15) is 0 Å². The Morgan fingerprint density at radius 2 is 2.05 bits per heavy atom. The van der Waals surface area contributed by atoms with Crippen LogP contribution < -0.4 is 5.32 Å². The van der Waals surface area contributed by atoms with Crippen LogP contribution in [0.15, 0.2) is 41.8 Å². The van der Waals surface area contributed by atoms with E-state index in [1.54, 1.807) is 11.3 Å². The Labute approximate surface area is 123 Å². The molecule has 1 heterocycles. The van der Waals surface area contributed by atoms with Gasteiger partial charge < -0.3 is 10.1 Å². The van der Waals surface area contributed by atoms with Crippen LogP contribution in [0.2, 0.25) is 5.02 Å². The quantitative estimate of drug-likeness (QED) is 0.830. The summed E-state index contributed by atoms with van der Waals surface area (Å²) < 4.78 is 5.79. The first-order valence-corrected chi connectivity index (χ1v) is 7.59. The highest BCUT2D eigenvalue weighted by atomic mass is 35.5. The highest BCUT2D eigenvalue weighted by Crippen LogP contribution is 2.11. The zero-order valence-electron chi connectivity index (χ0n) is 10.9. The van der Waals surface area contributed by atoms with Gasteiger partial charge in [0.05, 0.1) is 12.7 Å². The standard InChI is InChI=1S/C15H18ClNOS/c1-12(9-17-10-15-3-2-8-19-15)18-11-13-4-6-14(16)7-5-13/h2-8,12,17H,9-11H2,1H3. The molecule has 0 radical (unpaired) electrons. The van der Waals surface area contributed by atoms with Crippen molar-refractivity contribution in [1.82, 2.24) is 5.32 Å². The third-order valence-electron chi connectivity index (χ3n) is 2.76. The zero-order valence-corrected chi connectivity index (χ0v) is 12.5. The van der Waals surface area contributed by atoms with Crippen molar-refractivity contribution in [1.29, 1.82) is 0 Å². The zero-order chi connectivity index (χ0) is 13.5. The maximum Gasteiger partial charge on any atom is 0.0721 e. The Morgan fingerprint density at radius 1 is 1.26 bits per heavy atom. The second-order valence-electron chi connectivity index (χ2n) is 4.46. The molecule has 1 aromatic carbocycles. The first-order chi connectivity index (χ1) is 9.24. The second-order valence-corrected chi connectivity index (χ2v) is 5.93. The first kappa shape index (κ1) is 14.5. The minimum Gasteiger partial charge on any atom is -0.373 e. The Hall–Kier alpha value is -0.870. The van der Waals surface area contributed by atoms with E-state index in [9.17, 15) is 0 Å². The van der Waals surface area contributed by atoms with E-state index in [0.717, 1.165) is 23.7 Å². The lowest BCUT2D eigenvalue weighted by Gasteiger charge is -2.13. The van der Waals surface area contributed by atoms with Gasteiger partial charge in [-0.25, -0.2) is 0 Å². The second kappa shape index (κ2) is 7.65. The van der Waals surface area contributed by atoms with Crippen LogP contribution in [0.3, 0.4) is 0 Å². The fraction of sp³-hybridized carbons (Fsp3) is 0.333. The highest BCUT2D eigenvalue weighted by molar-refractivity contribution is 7.09. The molecule has 2 rings (SSSR count). The van der Waals surface area contributed by atoms with E-state index < -0.39 is 0 Å². The van der Waals surface area contributed by atoms with Crippen LogP contribution in [0.25, 0.3) is 0 Å². The smallest absolute Gasteiger partial charge is 0.0721 e. The van der Waals surface area contributed by atoms with E-state index in [4.69, 9.17) is 16.3 Å². The summed E-state index contributed by atoms with van der Waals surface area (Å²) in [5.74, 6) is 0. The molecule has 0 aliphatic heterocycles. The fourth-order valence-electron chi connectivity index (χ4n) is 1.69. The van der Waals surface area contributed by atoms with E-state index in [0.29, 0.717) is 6.61 Å². The molecule has 0 fully saturated rings. The number of hydrogen-bond donors (Lipinski definition) is 1. The maximum atomic E-state index is 5.84. The summed E-state index contributed by atoms with van der Waals surface area (Å²) in [6.45, 7) is 4.47. The number of benzene rings is 1. The molecule has 0 aliphatic rings. The lowest BCUT2D eigenvalue weighted by atomic mass is 10.2. The molecule has 1 atom stereocenters. The van der Waals surface area contributed by atoms with E-state index in [1.807, 2.05) is 24.3 Å². The fourth-order valence-corrected chi connectivity index (χ4v) is 2.49. The Morgan fingerprint density at radius 3 is 2.74 bits per heavy atom. The van der Waals surface area contributed by atoms with Crippen LogP contribution in [0, 0.1) is 0 Å². The number of nitrogens with one attached hydrogen (secondary N) is 1. The van der Waals surface area contributed by atoms with Gasteiger partial charge in [0, 0.05) is 23.0 Å². The normalized spacial score (nSPS) is 12.5.